The lowest BCUT2D eigenvalue weighted by molar-refractivity contribution is -0.887. The first-order valence-electron chi connectivity index (χ1n) is 26.7. The van der Waals surface area contributed by atoms with Crippen LogP contribution >= 0.6 is 0 Å². The van der Waals surface area contributed by atoms with Crippen LogP contribution in [-0.4, -0.2) is 80.6 Å². The first kappa shape index (κ1) is 62.5. The molecule has 2 atom stereocenters. The Morgan fingerprint density at radius 1 is 0.470 bits per heavy atom. The first-order valence-corrected chi connectivity index (χ1v) is 26.7. The molecule has 2 unspecified atom stereocenters. The monoisotopic (exact) mass is 923 g/mol. The van der Waals surface area contributed by atoms with Crippen molar-refractivity contribution >= 4 is 17.9 Å². The van der Waals surface area contributed by atoms with Gasteiger partial charge in [0.2, 0.25) is 0 Å². The maximum Gasteiger partial charge on any atom is 0.362 e. The van der Waals surface area contributed by atoms with Gasteiger partial charge in [0.05, 0.1) is 34.4 Å². The van der Waals surface area contributed by atoms with Crippen molar-refractivity contribution in [2.24, 2.45) is 0 Å². The van der Waals surface area contributed by atoms with E-state index in [2.05, 4.69) is 26.0 Å². The van der Waals surface area contributed by atoms with Crippen molar-refractivity contribution < 1.29 is 38.2 Å². The zero-order valence-electron chi connectivity index (χ0n) is 43.1. The molecule has 66 heavy (non-hydrogen) atoms. The summed E-state index contributed by atoms with van der Waals surface area (Å²) in [5.74, 6) is -1.52. The van der Waals surface area contributed by atoms with E-state index in [9.17, 15) is 19.5 Å². The van der Waals surface area contributed by atoms with Crippen LogP contribution in [0.5, 0.6) is 0 Å². The number of carboxylic acid groups (broad SMARTS) is 1. The van der Waals surface area contributed by atoms with Crippen LogP contribution in [0.3, 0.4) is 0 Å². The van der Waals surface area contributed by atoms with Gasteiger partial charge in [0.15, 0.2) is 12.1 Å². The van der Waals surface area contributed by atoms with Crippen LogP contribution in [-0.2, 0) is 28.6 Å². The molecule has 0 saturated heterocycles. The van der Waals surface area contributed by atoms with Gasteiger partial charge in [-0.25, -0.2) is 4.79 Å². The SMILES string of the molecule is CC/C=C/C=C/C=C/C=C/C=C/C=C/C=C/CCCCCC(=O)OC(COCCC(C(=O)O)[N+](C)(C)C)COC(=O)CCCCCCCCCCCCCCCCCCCCCCCCC. The van der Waals surface area contributed by atoms with Crippen molar-refractivity contribution in [3.8, 4) is 0 Å². The number of rotatable bonds is 47. The Balaban J connectivity index is 4.28. The van der Waals surface area contributed by atoms with Gasteiger partial charge in [-0.15, -0.1) is 0 Å². The molecule has 8 nitrogen and oxygen atoms in total. The lowest BCUT2D eigenvalue weighted by atomic mass is 10.0. The molecule has 1 N–H and O–H groups in total. The third kappa shape index (κ3) is 45.7. The molecule has 0 saturated carbocycles. The van der Waals surface area contributed by atoms with Crippen LogP contribution in [0.15, 0.2) is 85.1 Å². The number of esters is 2. The topological polar surface area (TPSA) is 99.1 Å². The van der Waals surface area contributed by atoms with Crippen molar-refractivity contribution in [1.29, 1.82) is 0 Å². The van der Waals surface area contributed by atoms with Gasteiger partial charge in [-0.05, 0) is 32.1 Å². The predicted molar refractivity (Wildman–Crippen MR) is 280 cm³/mol. The largest absolute Gasteiger partial charge is 0.477 e. The summed E-state index contributed by atoms with van der Waals surface area (Å²) in [7, 11) is 5.51. The number of carbonyl (C=O) groups is 3. The average Bonchev–Trinajstić information content (AvgIpc) is 3.28. The smallest absolute Gasteiger partial charge is 0.362 e. The van der Waals surface area contributed by atoms with E-state index in [0.29, 0.717) is 19.3 Å². The first-order chi connectivity index (χ1) is 32.1. The lowest BCUT2D eigenvalue weighted by Gasteiger charge is -2.31. The Labute approximate surface area is 405 Å². The molecule has 0 aromatic carbocycles. The van der Waals surface area contributed by atoms with Gasteiger partial charge in [-0.1, -0.05) is 247 Å². The number of allylic oxidation sites excluding steroid dienone is 14. The molecular formula is C58H100NO7+. The number of quaternary nitrogens is 1. The number of nitrogens with zero attached hydrogens (tertiary/aromatic N) is 1. The van der Waals surface area contributed by atoms with E-state index < -0.39 is 18.1 Å². The molecule has 0 aromatic rings. The molecule has 0 spiro atoms. The number of unbranched alkanes of at least 4 members (excludes halogenated alkanes) is 25. The quantitative estimate of drug-likeness (QED) is 0.0281. The summed E-state index contributed by atoms with van der Waals surface area (Å²) in [6, 6.07) is -0.628. The normalized spacial score (nSPS) is 13.5. The van der Waals surface area contributed by atoms with Crippen molar-refractivity contribution in [3.63, 3.8) is 0 Å². The number of aliphatic carboxylic acids is 1. The molecule has 0 bridgehead atoms. The van der Waals surface area contributed by atoms with E-state index in [4.69, 9.17) is 14.2 Å². The average molecular weight is 923 g/mol. The van der Waals surface area contributed by atoms with E-state index >= 15 is 0 Å². The number of hydrogen-bond acceptors (Lipinski definition) is 6. The summed E-state index contributed by atoms with van der Waals surface area (Å²) in [6.45, 7) is 4.56. The van der Waals surface area contributed by atoms with Gasteiger partial charge in [0.25, 0.3) is 0 Å². The van der Waals surface area contributed by atoms with Gasteiger partial charge in [0.1, 0.15) is 6.61 Å². The van der Waals surface area contributed by atoms with E-state index in [1.54, 1.807) is 0 Å². The van der Waals surface area contributed by atoms with E-state index in [1.807, 2.05) is 94.1 Å². The van der Waals surface area contributed by atoms with Gasteiger partial charge in [0, 0.05) is 19.3 Å². The molecule has 0 aliphatic rings. The van der Waals surface area contributed by atoms with Crippen molar-refractivity contribution in [3.05, 3.63) is 85.1 Å². The Morgan fingerprint density at radius 3 is 1.26 bits per heavy atom. The van der Waals surface area contributed by atoms with Crippen molar-refractivity contribution in [2.45, 2.75) is 225 Å². The van der Waals surface area contributed by atoms with Crippen LogP contribution in [0, 0.1) is 0 Å². The molecule has 0 radical (unpaired) electrons. The second-order valence-electron chi connectivity index (χ2n) is 18.9. The van der Waals surface area contributed by atoms with Gasteiger partial charge < -0.3 is 23.8 Å². The molecule has 0 amide bonds. The van der Waals surface area contributed by atoms with Gasteiger partial charge >= 0.3 is 17.9 Å². The number of likely N-dealkylation sites (N-methyl/N-ethyl adjacent to an activating group) is 1. The molecule has 378 valence electrons. The molecule has 0 heterocycles. The Hall–Kier alpha value is -3.49. The maximum absolute atomic E-state index is 12.8. The lowest BCUT2D eigenvalue weighted by Crippen LogP contribution is -2.50. The minimum Gasteiger partial charge on any atom is -0.477 e. The zero-order valence-corrected chi connectivity index (χ0v) is 43.1. The third-order valence-corrected chi connectivity index (χ3v) is 11.8. The maximum atomic E-state index is 12.8. The fourth-order valence-corrected chi connectivity index (χ4v) is 7.66. The summed E-state index contributed by atoms with van der Waals surface area (Å²) in [4.78, 5) is 37.2. The fraction of sp³-hybridized carbons (Fsp3) is 0.707. The Morgan fingerprint density at radius 2 is 0.848 bits per heavy atom. The van der Waals surface area contributed by atoms with Crippen LogP contribution in [0.25, 0.3) is 0 Å². The molecule has 8 heteroatoms. The Bertz CT molecular complexity index is 1350. The van der Waals surface area contributed by atoms with Gasteiger partial charge in [-0.2, -0.15) is 0 Å². The predicted octanol–water partition coefficient (Wildman–Crippen LogP) is 15.6. The molecule has 0 rings (SSSR count). The summed E-state index contributed by atoms with van der Waals surface area (Å²) in [6.07, 6.45) is 63.6. The fourth-order valence-electron chi connectivity index (χ4n) is 7.66. The van der Waals surface area contributed by atoms with E-state index in [-0.39, 0.29) is 42.7 Å². The number of hydrogen-bond donors (Lipinski definition) is 1. The minimum atomic E-state index is -0.884. The molecule has 0 aliphatic carbocycles. The van der Waals surface area contributed by atoms with Gasteiger partial charge in [-0.3, -0.25) is 9.59 Å². The number of carboxylic acids is 1. The highest BCUT2D eigenvalue weighted by Crippen LogP contribution is 2.16. The van der Waals surface area contributed by atoms with E-state index in [0.717, 1.165) is 44.9 Å². The highest BCUT2D eigenvalue weighted by atomic mass is 16.6. The molecule has 0 fully saturated rings. The standard InChI is InChI=1S/C58H99NO7/c1-6-8-10-12-14-16-18-20-22-24-26-27-28-29-31-32-34-36-38-40-42-44-46-48-56(60)65-53-54(52-64-51-50-55(58(62)63)59(3,4)5)66-57(61)49-47-45-43-41-39-37-35-33-30-25-23-21-19-17-15-13-11-9-7-2/h9,11,13,15,17,19,21,23,25,30,33,35,37,39,54-55H,6-8,10,12,14,16,18,20,22,24,26-29,31-32,34,36,38,40-53H2,1-5H3/p+1/b11-9+,15-13+,19-17+,23-21+,30-25+,35-33+,39-37+. The van der Waals surface area contributed by atoms with Crippen molar-refractivity contribution in [2.75, 3.05) is 41.0 Å². The number of ether oxygens (including phenoxy) is 3. The summed E-state index contributed by atoms with van der Waals surface area (Å²) >= 11 is 0. The highest BCUT2D eigenvalue weighted by molar-refractivity contribution is 5.72. The Kier molecular flexibility index (Phi) is 45.4. The van der Waals surface area contributed by atoms with E-state index in [1.165, 1.54) is 128 Å². The summed E-state index contributed by atoms with van der Waals surface area (Å²) in [5.41, 5.74) is 0. The summed E-state index contributed by atoms with van der Waals surface area (Å²) < 4.78 is 17.3. The molecular weight excluding hydrogens is 823 g/mol. The van der Waals surface area contributed by atoms with Crippen LogP contribution in [0.2, 0.25) is 0 Å². The zero-order chi connectivity index (χ0) is 48.4. The minimum absolute atomic E-state index is 0.0393. The second-order valence-corrected chi connectivity index (χ2v) is 18.9. The van der Waals surface area contributed by atoms with Crippen LogP contribution in [0.1, 0.15) is 213 Å². The third-order valence-electron chi connectivity index (χ3n) is 11.8. The second kappa shape index (κ2) is 48.0. The number of carbonyl (C=O) groups excluding carboxylic acids is 2. The highest BCUT2D eigenvalue weighted by Gasteiger charge is 2.31. The van der Waals surface area contributed by atoms with Crippen LogP contribution < -0.4 is 0 Å². The van der Waals surface area contributed by atoms with Crippen molar-refractivity contribution in [1.82, 2.24) is 0 Å². The molecule has 0 aliphatic heterocycles. The van der Waals surface area contributed by atoms with Crippen LogP contribution in [0.4, 0.5) is 0 Å². The summed E-state index contributed by atoms with van der Waals surface area (Å²) in [5, 5.41) is 9.66. The molecule has 0 aromatic heterocycles.